The van der Waals surface area contributed by atoms with Gasteiger partial charge in [-0.05, 0) is 64.0 Å². The van der Waals surface area contributed by atoms with Gasteiger partial charge >= 0.3 is 0 Å². The maximum absolute atomic E-state index is 13.6. The summed E-state index contributed by atoms with van der Waals surface area (Å²) in [6.45, 7) is 9.94. The van der Waals surface area contributed by atoms with E-state index < -0.39 is 0 Å². The van der Waals surface area contributed by atoms with Gasteiger partial charge in [0.2, 0.25) is 5.91 Å². The number of nitrogens with zero attached hydrogens (tertiary/aromatic N) is 3. The van der Waals surface area contributed by atoms with Gasteiger partial charge in [0.1, 0.15) is 24.7 Å². The van der Waals surface area contributed by atoms with Gasteiger partial charge in [0.05, 0.1) is 17.5 Å². The van der Waals surface area contributed by atoms with Gasteiger partial charge in [-0.3, -0.25) is 19.4 Å². The molecule has 0 aromatic heterocycles. The highest BCUT2D eigenvalue weighted by Crippen LogP contribution is 2.38. The average Bonchev–Trinajstić information content (AvgIpc) is 3.01. The van der Waals surface area contributed by atoms with Crippen molar-refractivity contribution in [2.24, 2.45) is 5.41 Å². The van der Waals surface area contributed by atoms with Crippen molar-refractivity contribution < 1.29 is 19.1 Å². The zero-order valence-corrected chi connectivity index (χ0v) is 25.1. The summed E-state index contributed by atoms with van der Waals surface area (Å²) in [5, 5.41) is 6.18. The Bertz CT molecular complexity index is 1170. The molecule has 42 heavy (non-hydrogen) atoms. The Morgan fingerprint density at radius 1 is 0.833 bits per heavy atom. The summed E-state index contributed by atoms with van der Waals surface area (Å²) in [6.07, 6.45) is 4.21. The monoisotopic (exact) mass is 577 g/mol. The average molecular weight is 578 g/mol. The van der Waals surface area contributed by atoms with E-state index >= 15 is 0 Å². The van der Waals surface area contributed by atoms with Crippen LogP contribution in [-0.4, -0.2) is 106 Å². The van der Waals surface area contributed by atoms with Crippen molar-refractivity contribution in [2.45, 2.75) is 38.6 Å². The van der Waals surface area contributed by atoms with E-state index in [1.165, 1.54) is 5.56 Å². The normalized spacial score (nSPS) is 21.5. The van der Waals surface area contributed by atoms with Crippen LogP contribution in [-0.2, 0) is 11.3 Å². The lowest BCUT2D eigenvalue weighted by atomic mass is 9.73. The van der Waals surface area contributed by atoms with Crippen LogP contribution >= 0.6 is 0 Å². The number of rotatable bonds is 6. The third-order valence-corrected chi connectivity index (χ3v) is 9.07. The molecule has 3 aliphatic rings. The first kappa shape index (κ1) is 30.3. The smallest absolute Gasteiger partial charge is 0.255 e. The fourth-order valence-corrected chi connectivity index (χ4v) is 6.28. The van der Waals surface area contributed by atoms with Crippen molar-refractivity contribution in [1.29, 1.82) is 0 Å². The van der Waals surface area contributed by atoms with Crippen molar-refractivity contribution in [3.63, 3.8) is 0 Å². The van der Waals surface area contributed by atoms with E-state index in [4.69, 9.17) is 9.47 Å². The number of hydrogen-bond acceptors (Lipinski definition) is 7. The standard InChI is InChI=1S/C33H47N5O4/c1-36-19-21-37(22-20-36)23-25-42-29-10-4-2-8-27(29)26-38-17-13-33(14-18-38)12-6-7-15-34-31(39)28-9-3-5-11-30(28)41-24-16-35-32(33)40/h2-5,8-11H,6-7,12-26H2,1H3,(H,34,39)(H,35,40). The van der Waals surface area contributed by atoms with Crippen LogP contribution in [0.4, 0.5) is 0 Å². The number of carbonyl (C=O) groups excluding carboxylic acids is 2. The summed E-state index contributed by atoms with van der Waals surface area (Å²) in [5.74, 6) is 1.53. The van der Waals surface area contributed by atoms with E-state index in [1.807, 2.05) is 18.2 Å². The van der Waals surface area contributed by atoms with Gasteiger partial charge in [-0.2, -0.15) is 0 Å². The molecular weight excluding hydrogens is 530 g/mol. The topological polar surface area (TPSA) is 86.4 Å². The van der Waals surface area contributed by atoms with Crippen LogP contribution in [0.2, 0.25) is 0 Å². The van der Waals surface area contributed by atoms with E-state index in [1.54, 1.807) is 12.1 Å². The van der Waals surface area contributed by atoms with Crippen LogP contribution in [0.3, 0.4) is 0 Å². The number of ether oxygens (including phenoxy) is 2. The lowest BCUT2D eigenvalue weighted by Crippen LogP contribution is -2.49. The Morgan fingerprint density at radius 3 is 2.43 bits per heavy atom. The van der Waals surface area contributed by atoms with E-state index in [-0.39, 0.29) is 17.2 Å². The van der Waals surface area contributed by atoms with Crippen LogP contribution in [0, 0.1) is 5.41 Å². The summed E-state index contributed by atoms with van der Waals surface area (Å²) in [7, 11) is 2.18. The molecule has 1 spiro atoms. The maximum atomic E-state index is 13.6. The second-order valence-electron chi connectivity index (χ2n) is 12.0. The maximum Gasteiger partial charge on any atom is 0.255 e. The van der Waals surface area contributed by atoms with E-state index in [0.29, 0.717) is 37.6 Å². The fraction of sp³-hybridized carbons (Fsp3) is 0.576. The molecule has 0 aliphatic carbocycles. The van der Waals surface area contributed by atoms with Crippen LogP contribution in [0.15, 0.2) is 48.5 Å². The lowest BCUT2D eigenvalue weighted by molar-refractivity contribution is -0.134. The van der Waals surface area contributed by atoms with Crippen LogP contribution in [0.25, 0.3) is 0 Å². The molecule has 0 saturated carbocycles. The minimum absolute atomic E-state index is 0.113. The Hall–Kier alpha value is -3.14. The number of piperazine rings is 1. The number of nitrogens with one attached hydrogen (secondary N) is 2. The minimum atomic E-state index is -0.388. The van der Waals surface area contributed by atoms with Crippen molar-refractivity contribution in [1.82, 2.24) is 25.3 Å². The lowest BCUT2D eigenvalue weighted by Gasteiger charge is -2.41. The number of benzene rings is 2. The predicted molar refractivity (Wildman–Crippen MR) is 164 cm³/mol. The van der Waals surface area contributed by atoms with Gasteiger partial charge in [0, 0.05) is 51.4 Å². The molecule has 3 aliphatic heterocycles. The quantitative estimate of drug-likeness (QED) is 0.546. The molecule has 2 fully saturated rings. The molecule has 0 unspecified atom stereocenters. The highest BCUT2D eigenvalue weighted by atomic mass is 16.5. The molecular formula is C33H47N5O4. The highest BCUT2D eigenvalue weighted by Gasteiger charge is 2.40. The minimum Gasteiger partial charge on any atom is -0.492 e. The number of amides is 2. The van der Waals surface area contributed by atoms with Crippen molar-refractivity contribution in [3.8, 4) is 11.5 Å². The molecule has 2 amide bonds. The molecule has 0 bridgehead atoms. The molecule has 0 radical (unpaired) electrons. The molecule has 2 aromatic rings. The largest absolute Gasteiger partial charge is 0.492 e. The van der Waals surface area contributed by atoms with E-state index in [2.05, 4.69) is 50.6 Å². The second kappa shape index (κ2) is 14.8. The van der Waals surface area contributed by atoms with E-state index in [0.717, 1.165) is 90.2 Å². The highest BCUT2D eigenvalue weighted by molar-refractivity contribution is 5.96. The SMILES string of the molecule is CN1CCN(CCOc2ccccc2CN2CCC3(CCCCNC(=O)c4ccccc4OCCNC3=O)CC2)CC1. The molecule has 5 rings (SSSR count). The van der Waals surface area contributed by atoms with Crippen LogP contribution < -0.4 is 20.1 Å². The fourth-order valence-electron chi connectivity index (χ4n) is 6.28. The number of likely N-dealkylation sites (N-methyl/N-ethyl adjacent to an activating group) is 1. The first-order valence-corrected chi connectivity index (χ1v) is 15.6. The zero-order chi connectivity index (χ0) is 29.2. The predicted octanol–water partition coefficient (Wildman–Crippen LogP) is 3.00. The van der Waals surface area contributed by atoms with Crippen LogP contribution in [0.5, 0.6) is 11.5 Å². The van der Waals surface area contributed by atoms with Gasteiger partial charge < -0.3 is 25.0 Å². The number of para-hydroxylation sites is 2. The summed E-state index contributed by atoms with van der Waals surface area (Å²) in [4.78, 5) is 33.6. The van der Waals surface area contributed by atoms with Crippen molar-refractivity contribution in [2.75, 3.05) is 79.2 Å². The second-order valence-corrected chi connectivity index (χ2v) is 12.0. The molecule has 3 heterocycles. The summed E-state index contributed by atoms with van der Waals surface area (Å²) in [6, 6.07) is 15.6. The number of carbonyl (C=O) groups is 2. The third-order valence-electron chi connectivity index (χ3n) is 9.07. The summed E-state index contributed by atoms with van der Waals surface area (Å²) < 4.78 is 12.2. The first-order valence-electron chi connectivity index (χ1n) is 15.6. The number of fused-ring (bicyclic) bond motifs is 1. The zero-order valence-electron chi connectivity index (χ0n) is 25.1. The van der Waals surface area contributed by atoms with Gasteiger partial charge in [0.15, 0.2) is 0 Å². The van der Waals surface area contributed by atoms with Gasteiger partial charge in [-0.1, -0.05) is 36.8 Å². The Balaban J connectivity index is 1.14. The molecule has 2 saturated heterocycles. The summed E-state index contributed by atoms with van der Waals surface area (Å²) in [5.41, 5.74) is 1.35. The number of hydrogen-bond donors (Lipinski definition) is 2. The number of piperidine rings is 1. The first-order chi connectivity index (χ1) is 20.5. The van der Waals surface area contributed by atoms with Crippen molar-refractivity contribution >= 4 is 11.8 Å². The number of likely N-dealkylation sites (tertiary alicyclic amines) is 1. The Labute approximate surface area is 250 Å². The molecule has 9 nitrogen and oxygen atoms in total. The Morgan fingerprint density at radius 2 is 1.60 bits per heavy atom. The molecule has 0 atom stereocenters. The molecule has 9 heteroatoms. The van der Waals surface area contributed by atoms with Crippen LogP contribution in [0.1, 0.15) is 48.0 Å². The van der Waals surface area contributed by atoms with Gasteiger partial charge in [0.25, 0.3) is 5.91 Å². The van der Waals surface area contributed by atoms with Gasteiger partial charge in [-0.15, -0.1) is 0 Å². The van der Waals surface area contributed by atoms with Crippen molar-refractivity contribution in [3.05, 3.63) is 59.7 Å². The summed E-state index contributed by atoms with van der Waals surface area (Å²) >= 11 is 0. The van der Waals surface area contributed by atoms with Gasteiger partial charge in [-0.25, -0.2) is 0 Å². The third kappa shape index (κ3) is 8.02. The Kier molecular flexibility index (Phi) is 10.7. The van der Waals surface area contributed by atoms with E-state index in [9.17, 15) is 9.59 Å². The molecule has 2 N–H and O–H groups in total. The molecule has 228 valence electrons. The molecule has 2 aromatic carbocycles.